The summed E-state index contributed by atoms with van der Waals surface area (Å²) in [5, 5.41) is 79.9. The Bertz CT molecular complexity index is 2390. The van der Waals surface area contributed by atoms with Gasteiger partial charge in [-0.1, -0.05) is 31.9 Å². The van der Waals surface area contributed by atoms with Gasteiger partial charge in [-0.2, -0.15) is 0 Å². The standard InChI is InChI=1S/C52H69N3O11/c1-46-16-12-31(65-23-7-22-64-4)24-35(46)37(57)25-39-50(46)15-6-8-30-27-55(30)45(59)42-49(17-11-29(26-49)32-9-5-10-36-33(32)14-21-53-36)40-34(28-56)43(66-41(40)44(58)54-42)52(62,63)48(3,60)38-13-18-51(39,61)47(38,2)19-20-50/h5,9-10,14,21,25,29-31,34-35,38,40-44,53-54,56,58,60-63H,7-8,11-13,16-20,22-24,26-28H2,1-4H3/t29-,30+,31+,34-,35+,38+,40-,41+,42+,43+,44-,46+,47-,48+,49+,50+,51-,55?/m1/s1. The number of hydrogen-bond donors (Lipinski definition) is 8. The molecular formula is C52H69N3O11. The molecule has 7 bridgehead atoms. The average Bonchev–Trinajstić information content (AvgIpc) is 3.66. The molecule has 1 aromatic carbocycles. The molecule has 7 fully saturated rings. The molecule has 358 valence electrons. The van der Waals surface area contributed by atoms with Gasteiger partial charge in [0.1, 0.15) is 24.0 Å². The highest BCUT2D eigenvalue weighted by Gasteiger charge is 2.77. The number of aliphatic hydroxyl groups excluding tert-OH is 2. The Balaban J connectivity index is 1.02. The number of allylic oxidation sites excluding steroid dienone is 1. The summed E-state index contributed by atoms with van der Waals surface area (Å²) in [4.78, 5) is 34.9. The van der Waals surface area contributed by atoms with Crippen molar-refractivity contribution in [1.82, 2.24) is 15.2 Å². The normalized spacial score (nSPS) is 47.8. The first-order valence-corrected chi connectivity index (χ1v) is 24.8. The van der Waals surface area contributed by atoms with Crippen molar-refractivity contribution in [1.29, 1.82) is 0 Å². The van der Waals surface area contributed by atoms with Gasteiger partial charge in [-0.3, -0.25) is 14.9 Å². The lowest BCUT2D eigenvalue weighted by molar-refractivity contribution is -0.345. The van der Waals surface area contributed by atoms with Crippen LogP contribution in [0.1, 0.15) is 109 Å². The SMILES string of the molecule is COCCCO[C@H]1CC[C@@]2(C)[C@@H](C1)C(=O)C=C1[C@]3(O)CC[C@@H]4[C@](C)(O)C(O)(O)[C@H]5O[C@H]6[C@@H]([C@H]5CO)[C@@]5(CC[C@@H](c7cccc8[nH]ccc78)C5)[C@@H](N[C@@H]6O)C(=O)N5C[C@@H]5CC#C[C@]12CC[C@]43C. The average molecular weight is 912 g/mol. The van der Waals surface area contributed by atoms with Crippen LogP contribution in [0.5, 0.6) is 0 Å². The van der Waals surface area contributed by atoms with Crippen molar-refractivity contribution in [3.05, 3.63) is 47.7 Å². The molecule has 5 aliphatic heterocycles. The number of amides is 1. The number of H-pyrrole nitrogens is 1. The number of piperidine rings is 1. The molecule has 10 aliphatic rings. The molecule has 66 heavy (non-hydrogen) atoms. The molecule has 2 aromatic rings. The highest BCUT2D eigenvalue weighted by Crippen LogP contribution is 2.74. The Morgan fingerprint density at radius 1 is 0.970 bits per heavy atom. The maximum atomic E-state index is 15.2. The number of ether oxygens (including phenoxy) is 3. The predicted molar refractivity (Wildman–Crippen MR) is 241 cm³/mol. The lowest BCUT2D eigenvalue weighted by atomic mass is 9.39. The minimum atomic E-state index is -3.01. The number of methoxy groups -OCH3 is 1. The smallest absolute Gasteiger partial charge is 0.240 e. The lowest BCUT2D eigenvalue weighted by Gasteiger charge is -2.64. The molecule has 14 heteroatoms. The summed E-state index contributed by atoms with van der Waals surface area (Å²) in [6.45, 7) is 6.48. The number of fused-ring (bicyclic) bond motifs is 5. The van der Waals surface area contributed by atoms with Crippen LogP contribution in [0.4, 0.5) is 0 Å². The van der Waals surface area contributed by atoms with Crippen molar-refractivity contribution in [2.24, 2.45) is 45.3 Å². The number of carbonyl (C=O) groups excluding carboxylic acids is 2. The third kappa shape index (κ3) is 5.97. The summed E-state index contributed by atoms with van der Waals surface area (Å²) < 4.78 is 18.2. The molecule has 0 radical (unpaired) electrons. The van der Waals surface area contributed by atoms with Crippen molar-refractivity contribution in [2.75, 3.05) is 33.5 Å². The fourth-order valence-corrected chi connectivity index (χ4v) is 16.5. The molecule has 4 saturated carbocycles. The summed E-state index contributed by atoms with van der Waals surface area (Å²) >= 11 is 0. The number of nitrogens with one attached hydrogen (secondary N) is 2. The Kier molecular flexibility index (Phi) is 10.6. The fraction of sp³-hybridized carbons (Fsp3) is 0.731. The van der Waals surface area contributed by atoms with Gasteiger partial charge in [0, 0.05) is 91.5 Å². The van der Waals surface area contributed by atoms with E-state index in [1.165, 1.54) is 6.92 Å². The van der Waals surface area contributed by atoms with Gasteiger partial charge < -0.3 is 54.7 Å². The Labute approximate surface area is 386 Å². The van der Waals surface area contributed by atoms with Gasteiger partial charge in [0.2, 0.25) is 11.7 Å². The van der Waals surface area contributed by atoms with Crippen molar-refractivity contribution in [2.45, 2.75) is 157 Å². The number of aromatic amines is 1. The molecule has 1 aromatic heterocycles. The Morgan fingerprint density at radius 3 is 2.58 bits per heavy atom. The molecule has 14 nitrogen and oxygen atoms in total. The number of aromatic nitrogens is 1. The summed E-state index contributed by atoms with van der Waals surface area (Å²) in [6, 6.07) is 7.17. The van der Waals surface area contributed by atoms with Gasteiger partial charge in [0.25, 0.3) is 0 Å². The number of hydrogen-bond acceptors (Lipinski definition) is 12. The fourth-order valence-electron chi connectivity index (χ4n) is 16.5. The van der Waals surface area contributed by atoms with Gasteiger partial charge in [-0.05, 0) is 118 Å². The van der Waals surface area contributed by atoms with E-state index in [1.807, 2.05) is 30.2 Å². The minimum Gasteiger partial charge on any atom is -0.396 e. The third-order valence-corrected chi connectivity index (χ3v) is 20.1. The molecule has 12 rings (SSSR count). The van der Waals surface area contributed by atoms with E-state index in [4.69, 9.17) is 14.2 Å². The van der Waals surface area contributed by atoms with Crippen LogP contribution < -0.4 is 5.32 Å². The van der Waals surface area contributed by atoms with Crippen molar-refractivity contribution in [3.63, 3.8) is 0 Å². The Hall–Kier alpha value is -3.20. The van der Waals surface area contributed by atoms with Crippen LogP contribution in [-0.4, -0.2) is 139 Å². The van der Waals surface area contributed by atoms with Crippen LogP contribution in [0.15, 0.2) is 42.1 Å². The topological polar surface area (TPSA) is 214 Å². The van der Waals surface area contributed by atoms with E-state index in [0.29, 0.717) is 76.7 Å². The molecule has 3 saturated heterocycles. The van der Waals surface area contributed by atoms with Crippen molar-refractivity contribution < 1.29 is 54.4 Å². The summed E-state index contributed by atoms with van der Waals surface area (Å²) in [7, 11) is 1.66. The highest BCUT2D eigenvalue weighted by molar-refractivity contribution is 5.96. The number of carbonyl (C=O) groups is 2. The first kappa shape index (κ1) is 45.3. The minimum absolute atomic E-state index is 0.0127. The van der Waals surface area contributed by atoms with Crippen LogP contribution in [0, 0.1) is 57.2 Å². The predicted octanol–water partition coefficient (Wildman–Crippen LogP) is 3.42. The van der Waals surface area contributed by atoms with E-state index in [9.17, 15) is 35.4 Å². The summed E-state index contributed by atoms with van der Waals surface area (Å²) in [5.74, 6) is 1.05. The molecule has 0 unspecified atom stereocenters. The van der Waals surface area contributed by atoms with Gasteiger partial charge in [-0.25, -0.2) is 0 Å². The summed E-state index contributed by atoms with van der Waals surface area (Å²) in [5.41, 5.74) is -4.92. The van der Waals surface area contributed by atoms with Crippen LogP contribution >= 0.6 is 0 Å². The van der Waals surface area contributed by atoms with Crippen LogP contribution in [0.3, 0.4) is 0 Å². The number of benzene rings is 1. The van der Waals surface area contributed by atoms with Crippen molar-refractivity contribution >= 4 is 22.6 Å². The maximum Gasteiger partial charge on any atom is 0.240 e. The molecule has 1 amide bonds. The van der Waals surface area contributed by atoms with Crippen LogP contribution in [0.2, 0.25) is 0 Å². The summed E-state index contributed by atoms with van der Waals surface area (Å²) in [6.07, 6.45) is 5.44. The Morgan fingerprint density at radius 2 is 1.79 bits per heavy atom. The zero-order chi connectivity index (χ0) is 46.4. The van der Waals surface area contributed by atoms with E-state index in [0.717, 1.165) is 29.3 Å². The molecule has 5 aliphatic carbocycles. The van der Waals surface area contributed by atoms with Gasteiger partial charge in [-0.15, -0.1) is 5.92 Å². The van der Waals surface area contributed by atoms with E-state index in [2.05, 4.69) is 41.2 Å². The quantitative estimate of drug-likeness (QED) is 0.0870. The molecular weight excluding hydrogens is 843 g/mol. The molecule has 17 atom stereocenters. The van der Waals surface area contributed by atoms with E-state index in [-0.39, 0.29) is 42.6 Å². The van der Waals surface area contributed by atoms with Gasteiger partial charge in [0.15, 0.2) is 5.78 Å². The van der Waals surface area contributed by atoms with Crippen molar-refractivity contribution in [3.8, 4) is 11.8 Å². The third-order valence-electron chi connectivity index (χ3n) is 20.1. The van der Waals surface area contributed by atoms with Gasteiger partial charge >= 0.3 is 0 Å². The number of nitrogens with zero attached hydrogens (tertiary/aromatic N) is 1. The molecule has 6 heterocycles. The van der Waals surface area contributed by atoms with Crippen LogP contribution in [-0.2, 0) is 23.8 Å². The second-order valence-corrected chi connectivity index (χ2v) is 22.7. The lowest BCUT2D eigenvalue weighted by Crippen LogP contribution is -2.70. The highest BCUT2D eigenvalue weighted by atomic mass is 16.6. The number of ketones is 1. The number of aliphatic hydroxyl groups is 6. The van der Waals surface area contributed by atoms with Gasteiger partial charge in [0.05, 0.1) is 29.2 Å². The van der Waals surface area contributed by atoms with E-state index >= 15 is 4.79 Å². The molecule has 8 N–H and O–H groups in total. The zero-order valence-electron chi connectivity index (χ0n) is 38.8. The van der Waals surface area contributed by atoms with E-state index < -0.39 is 93.4 Å². The number of rotatable bonds is 7. The largest absolute Gasteiger partial charge is 0.396 e. The first-order chi connectivity index (χ1) is 31.4. The zero-order valence-corrected chi connectivity index (χ0v) is 38.8. The monoisotopic (exact) mass is 911 g/mol. The molecule has 2 spiro atoms. The second kappa shape index (κ2) is 15.4. The first-order valence-electron chi connectivity index (χ1n) is 24.8. The second-order valence-electron chi connectivity index (χ2n) is 22.7. The maximum absolute atomic E-state index is 15.2. The van der Waals surface area contributed by atoms with Crippen LogP contribution in [0.25, 0.3) is 10.9 Å². The van der Waals surface area contributed by atoms with E-state index in [1.54, 1.807) is 13.2 Å².